The van der Waals surface area contributed by atoms with Crippen molar-refractivity contribution >= 4 is 34.6 Å². The number of rotatable bonds is 6. The highest BCUT2D eigenvalue weighted by atomic mass is 35.5. The Morgan fingerprint density at radius 1 is 1.09 bits per heavy atom. The van der Waals surface area contributed by atoms with E-state index in [1.54, 1.807) is 12.1 Å². The number of carbonyl (C=O) groups is 2. The molecule has 0 saturated heterocycles. The first kappa shape index (κ1) is 24.1. The molecule has 3 N–H and O–H groups in total. The number of hydrogen-bond donors (Lipinski definition) is 3. The van der Waals surface area contributed by atoms with Crippen molar-refractivity contribution in [1.29, 1.82) is 0 Å². The van der Waals surface area contributed by atoms with E-state index in [2.05, 4.69) is 20.7 Å². The van der Waals surface area contributed by atoms with Crippen LogP contribution in [-0.2, 0) is 6.54 Å². The van der Waals surface area contributed by atoms with Crippen molar-refractivity contribution in [1.82, 2.24) is 25.7 Å². The predicted molar refractivity (Wildman–Crippen MR) is 136 cm³/mol. The summed E-state index contributed by atoms with van der Waals surface area (Å²) in [6.07, 6.45) is -0.0471. The topological polar surface area (TPSA) is 99.4 Å². The van der Waals surface area contributed by atoms with Crippen molar-refractivity contribution in [2.75, 3.05) is 7.05 Å². The van der Waals surface area contributed by atoms with Crippen LogP contribution in [0.25, 0.3) is 22.4 Å². The molecule has 0 aliphatic rings. The Morgan fingerprint density at radius 3 is 2.49 bits per heavy atom. The third-order valence-electron chi connectivity index (χ3n) is 5.21. The Balaban J connectivity index is 1.47. The van der Waals surface area contributed by atoms with E-state index in [4.69, 9.17) is 16.3 Å². The van der Waals surface area contributed by atoms with Crippen LogP contribution in [-0.4, -0.2) is 40.1 Å². The maximum atomic E-state index is 12.8. The molecular weight excluding hydrogens is 466 g/mol. The highest BCUT2D eigenvalue weighted by molar-refractivity contribution is 6.32. The monoisotopic (exact) mass is 491 g/mol. The number of nitrogens with zero attached hydrogens (tertiary/aromatic N) is 2. The van der Waals surface area contributed by atoms with E-state index in [-0.39, 0.29) is 12.6 Å². The highest BCUT2D eigenvalue weighted by Gasteiger charge is 2.18. The van der Waals surface area contributed by atoms with Gasteiger partial charge in [0, 0.05) is 18.2 Å². The Morgan fingerprint density at radius 2 is 1.83 bits per heavy atom. The number of carbonyl (C=O) groups excluding carboxylic acids is 2. The summed E-state index contributed by atoms with van der Waals surface area (Å²) in [4.78, 5) is 33.2. The minimum atomic E-state index is -0.467. The summed E-state index contributed by atoms with van der Waals surface area (Å²) in [5, 5.41) is 4.08. The molecule has 0 saturated carbocycles. The molecular formula is C26H26ClN5O3. The molecule has 0 atom stereocenters. The second-order valence-corrected chi connectivity index (χ2v) is 8.60. The van der Waals surface area contributed by atoms with Crippen molar-refractivity contribution in [3.05, 3.63) is 82.9 Å². The number of fused-ring (bicyclic) bond motifs is 1. The van der Waals surface area contributed by atoms with Gasteiger partial charge in [0.05, 0.1) is 28.7 Å². The number of nitrogens with one attached hydrogen (secondary N) is 3. The largest absolute Gasteiger partial charge is 0.489 e. The van der Waals surface area contributed by atoms with Gasteiger partial charge in [-0.2, -0.15) is 0 Å². The van der Waals surface area contributed by atoms with Crippen LogP contribution in [0.15, 0.2) is 66.7 Å². The number of urea groups is 1. The highest BCUT2D eigenvalue weighted by Crippen LogP contribution is 2.26. The summed E-state index contributed by atoms with van der Waals surface area (Å²) < 4.78 is 5.61. The quantitative estimate of drug-likeness (QED) is 0.324. The van der Waals surface area contributed by atoms with Gasteiger partial charge in [0.15, 0.2) is 0 Å². The Bertz CT molecular complexity index is 1320. The number of aromatic amines is 1. The predicted octanol–water partition coefficient (Wildman–Crippen LogP) is 5.16. The summed E-state index contributed by atoms with van der Waals surface area (Å²) in [6.45, 7) is 3.94. The molecule has 0 fully saturated rings. The molecule has 1 aromatic heterocycles. The fraction of sp³-hybridized carbons (Fsp3) is 0.192. The molecule has 8 nitrogen and oxygen atoms in total. The molecule has 0 bridgehead atoms. The fourth-order valence-corrected chi connectivity index (χ4v) is 3.74. The number of hydrogen-bond acceptors (Lipinski definition) is 4. The SMILES string of the molecule is CNC(=O)N(Cc1ccc(-c2nc3ccccc3[nH]2)cc1)NC(=O)c1ccc(OC(C)C)c(Cl)c1. The standard InChI is InChI=1S/C26H26ClN5O3/c1-16(2)35-23-13-12-19(14-20(23)27)25(33)31-32(26(34)28-3)15-17-8-10-18(11-9-17)24-29-21-6-4-5-7-22(21)30-24/h4-14,16H,15H2,1-3H3,(H,28,34)(H,29,30)(H,31,33). The van der Waals surface area contributed by atoms with Crippen molar-refractivity contribution in [3.8, 4) is 17.1 Å². The van der Waals surface area contributed by atoms with Gasteiger partial charge in [-0.1, -0.05) is 48.0 Å². The average Bonchev–Trinajstić information content (AvgIpc) is 3.29. The molecule has 180 valence electrons. The van der Waals surface area contributed by atoms with Crippen molar-refractivity contribution in [2.45, 2.75) is 26.5 Å². The molecule has 35 heavy (non-hydrogen) atoms. The number of hydrazine groups is 1. The van der Waals surface area contributed by atoms with E-state index in [1.807, 2.05) is 62.4 Å². The third kappa shape index (κ3) is 5.73. The van der Waals surface area contributed by atoms with Gasteiger partial charge in [-0.15, -0.1) is 0 Å². The second-order valence-electron chi connectivity index (χ2n) is 8.19. The number of amides is 3. The van der Waals surface area contributed by atoms with E-state index < -0.39 is 11.9 Å². The summed E-state index contributed by atoms with van der Waals surface area (Å²) in [5.41, 5.74) is 6.55. The maximum absolute atomic E-state index is 12.8. The second kappa shape index (κ2) is 10.5. The molecule has 0 radical (unpaired) electrons. The van der Waals surface area contributed by atoms with E-state index in [9.17, 15) is 9.59 Å². The molecule has 4 rings (SSSR count). The molecule has 0 aliphatic carbocycles. The van der Waals surface area contributed by atoms with E-state index >= 15 is 0 Å². The lowest BCUT2D eigenvalue weighted by molar-refractivity contribution is 0.0819. The normalized spacial score (nSPS) is 10.9. The minimum Gasteiger partial charge on any atom is -0.489 e. The van der Waals surface area contributed by atoms with Crippen LogP contribution in [0.4, 0.5) is 4.79 Å². The van der Waals surface area contributed by atoms with Gasteiger partial charge >= 0.3 is 6.03 Å². The number of para-hydroxylation sites is 2. The Kier molecular flexibility index (Phi) is 7.22. The molecule has 4 aromatic rings. The summed E-state index contributed by atoms with van der Waals surface area (Å²) in [5.74, 6) is 0.785. The zero-order chi connectivity index (χ0) is 24.9. The van der Waals surface area contributed by atoms with Gasteiger partial charge in [-0.25, -0.2) is 14.8 Å². The third-order valence-corrected chi connectivity index (χ3v) is 5.51. The molecule has 3 amide bonds. The van der Waals surface area contributed by atoms with Gasteiger partial charge in [0.25, 0.3) is 5.91 Å². The molecule has 0 spiro atoms. The van der Waals surface area contributed by atoms with Crippen LogP contribution in [0.1, 0.15) is 29.8 Å². The summed E-state index contributed by atoms with van der Waals surface area (Å²) in [6, 6.07) is 19.7. The van der Waals surface area contributed by atoms with Crippen molar-refractivity contribution in [3.63, 3.8) is 0 Å². The first-order valence-electron chi connectivity index (χ1n) is 11.1. The lowest BCUT2D eigenvalue weighted by atomic mass is 10.1. The van der Waals surface area contributed by atoms with E-state index in [0.29, 0.717) is 16.3 Å². The van der Waals surface area contributed by atoms with Crippen molar-refractivity contribution in [2.24, 2.45) is 0 Å². The smallest absolute Gasteiger partial charge is 0.336 e. The summed E-state index contributed by atoms with van der Waals surface area (Å²) in [7, 11) is 1.50. The number of aromatic nitrogens is 2. The van der Waals surface area contributed by atoms with Gasteiger partial charge < -0.3 is 15.0 Å². The zero-order valence-electron chi connectivity index (χ0n) is 19.6. The van der Waals surface area contributed by atoms with Crippen LogP contribution in [0.3, 0.4) is 0 Å². The lowest BCUT2D eigenvalue weighted by Crippen LogP contribution is -2.49. The van der Waals surface area contributed by atoms with Crippen LogP contribution in [0.2, 0.25) is 5.02 Å². The van der Waals surface area contributed by atoms with Crippen molar-refractivity contribution < 1.29 is 14.3 Å². The van der Waals surface area contributed by atoms with E-state index in [0.717, 1.165) is 28.0 Å². The lowest BCUT2D eigenvalue weighted by Gasteiger charge is -2.23. The van der Waals surface area contributed by atoms with Gasteiger partial charge in [-0.05, 0) is 49.7 Å². The number of ether oxygens (including phenoxy) is 1. The first-order chi connectivity index (χ1) is 16.8. The van der Waals surface area contributed by atoms with E-state index in [1.165, 1.54) is 18.1 Å². The zero-order valence-corrected chi connectivity index (χ0v) is 20.4. The fourth-order valence-electron chi connectivity index (χ4n) is 3.52. The molecule has 1 heterocycles. The summed E-state index contributed by atoms with van der Waals surface area (Å²) >= 11 is 6.26. The number of benzene rings is 3. The molecule has 3 aromatic carbocycles. The molecule has 0 unspecified atom stereocenters. The minimum absolute atomic E-state index is 0.0471. The molecule has 9 heteroatoms. The van der Waals surface area contributed by atoms with Gasteiger partial charge in [0.2, 0.25) is 0 Å². The number of imidazole rings is 1. The Hall–Kier alpha value is -4.04. The molecule has 0 aliphatic heterocycles. The van der Waals surface area contributed by atoms with Crippen LogP contribution in [0.5, 0.6) is 5.75 Å². The first-order valence-corrected chi connectivity index (χ1v) is 11.5. The van der Waals surface area contributed by atoms with Crippen LogP contribution in [0, 0.1) is 0 Å². The average molecular weight is 492 g/mol. The van der Waals surface area contributed by atoms with Crippen LogP contribution >= 0.6 is 11.6 Å². The maximum Gasteiger partial charge on any atom is 0.336 e. The Labute approximate surface area is 208 Å². The number of halogens is 1. The van der Waals surface area contributed by atoms with Gasteiger partial charge in [0.1, 0.15) is 11.6 Å². The van der Waals surface area contributed by atoms with Crippen LogP contribution < -0.4 is 15.5 Å². The van der Waals surface area contributed by atoms with Gasteiger partial charge in [-0.3, -0.25) is 10.2 Å². The number of H-pyrrole nitrogens is 1.